The van der Waals surface area contributed by atoms with Crippen LogP contribution in [-0.2, 0) is 6.54 Å². The van der Waals surface area contributed by atoms with Crippen molar-refractivity contribution in [2.75, 3.05) is 13.1 Å². The van der Waals surface area contributed by atoms with Gasteiger partial charge in [0.25, 0.3) is 5.91 Å². The maximum absolute atomic E-state index is 13.7. The Morgan fingerprint density at radius 1 is 1.12 bits per heavy atom. The molecule has 32 heavy (non-hydrogen) atoms. The third-order valence-electron chi connectivity index (χ3n) is 5.78. The lowest BCUT2D eigenvalue weighted by Crippen LogP contribution is -2.43. The number of hydrogen-bond acceptors (Lipinski definition) is 5. The zero-order valence-corrected chi connectivity index (χ0v) is 17.3. The molecule has 162 valence electrons. The summed E-state index contributed by atoms with van der Waals surface area (Å²) in [6.45, 7) is 1.21. The van der Waals surface area contributed by atoms with Crippen LogP contribution in [0.25, 0.3) is 11.2 Å². The quantitative estimate of drug-likeness (QED) is 0.495. The molecule has 0 N–H and O–H groups in total. The largest absolute Gasteiger partial charge is 0.335 e. The van der Waals surface area contributed by atoms with Crippen molar-refractivity contribution < 1.29 is 9.18 Å². The summed E-state index contributed by atoms with van der Waals surface area (Å²) in [5.74, 6) is -0.546. The predicted molar refractivity (Wildman–Crippen MR) is 116 cm³/mol. The smallest absolute Gasteiger partial charge is 0.330 e. The van der Waals surface area contributed by atoms with E-state index in [2.05, 4.69) is 15.0 Å². The van der Waals surface area contributed by atoms with E-state index in [-0.39, 0.29) is 35.7 Å². The van der Waals surface area contributed by atoms with E-state index in [1.165, 1.54) is 30.7 Å². The number of fused-ring (bicyclic) bond motifs is 1. The van der Waals surface area contributed by atoms with Gasteiger partial charge in [-0.1, -0.05) is 12.1 Å². The first-order chi connectivity index (χ1) is 15.6. The van der Waals surface area contributed by atoms with Crippen LogP contribution in [0.2, 0.25) is 0 Å². The molecule has 0 saturated carbocycles. The molecule has 0 bridgehead atoms. The number of imidazole rings is 1. The van der Waals surface area contributed by atoms with Gasteiger partial charge in [0.15, 0.2) is 5.65 Å². The molecular formula is C23H21FN6O2. The normalized spacial score (nSPS) is 16.4. The Labute approximate surface area is 183 Å². The Hall–Kier alpha value is -3.88. The molecule has 1 aromatic carbocycles. The Morgan fingerprint density at radius 3 is 2.84 bits per heavy atom. The van der Waals surface area contributed by atoms with E-state index in [1.807, 2.05) is 6.07 Å². The van der Waals surface area contributed by atoms with Gasteiger partial charge in [-0.05, 0) is 42.7 Å². The summed E-state index contributed by atoms with van der Waals surface area (Å²) >= 11 is 0. The summed E-state index contributed by atoms with van der Waals surface area (Å²) in [6.07, 6.45) is 7.62. The maximum atomic E-state index is 13.7. The van der Waals surface area contributed by atoms with Crippen molar-refractivity contribution in [2.45, 2.75) is 25.4 Å². The SMILES string of the molecule is O=C(c1cnccn1)N1CCC[C@H](n2c(=O)n(Cc3cccc(F)c3)c3cccnc32)C1. The molecule has 1 amide bonds. The number of hydrogen-bond donors (Lipinski definition) is 0. The molecule has 8 nitrogen and oxygen atoms in total. The molecule has 1 aliphatic heterocycles. The molecule has 1 fully saturated rings. The van der Waals surface area contributed by atoms with Crippen molar-refractivity contribution in [2.24, 2.45) is 0 Å². The number of aromatic nitrogens is 5. The molecule has 3 aromatic heterocycles. The predicted octanol–water partition coefficient (Wildman–Crippen LogP) is 2.65. The second kappa shape index (κ2) is 8.33. The van der Waals surface area contributed by atoms with Gasteiger partial charge in [-0.2, -0.15) is 0 Å². The third kappa shape index (κ3) is 3.66. The molecule has 5 rings (SSSR count). The summed E-state index contributed by atoms with van der Waals surface area (Å²) in [5, 5.41) is 0. The van der Waals surface area contributed by atoms with Gasteiger partial charge in [0.1, 0.15) is 11.5 Å². The summed E-state index contributed by atoms with van der Waals surface area (Å²) in [5.41, 5.74) is 2.00. The number of pyridine rings is 1. The highest BCUT2D eigenvalue weighted by molar-refractivity contribution is 5.92. The number of benzene rings is 1. The van der Waals surface area contributed by atoms with E-state index in [0.717, 1.165) is 12.8 Å². The summed E-state index contributed by atoms with van der Waals surface area (Å²) in [7, 11) is 0. The molecular weight excluding hydrogens is 411 g/mol. The first-order valence-electron chi connectivity index (χ1n) is 10.5. The van der Waals surface area contributed by atoms with Crippen LogP contribution in [0, 0.1) is 5.82 Å². The number of amides is 1. The van der Waals surface area contributed by atoms with Gasteiger partial charge in [0.05, 0.1) is 24.3 Å². The first-order valence-corrected chi connectivity index (χ1v) is 10.5. The Balaban J connectivity index is 1.51. The lowest BCUT2D eigenvalue weighted by atomic mass is 10.1. The Morgan fingerprint density at radius 2 is 2.03 bits per heavy atom. The lowest BCUT2D eigenvalue weighted by molar-refractivity contribution is 0.0672. The number of nitrogens with zero attached hydrogens (tertiary/aromatic N) is 6. The zero-order valence-electron chi connectivity index (χ0n) is 17.3. The molecule has 4 heterocycles. The fourth-order valence-electron chi connectivity index (χ4n) is 4.33. The van der Waals surface area contributed by atoms with E-state index in [0.29, 0.717) is 29.8 Å². The molecule has 1 atom stereocenters. The topological polar surface area (TPSA) is 85.9 Å². The summed E-state index contributed by atoms with van der Waals surface area (Å²) < 4.78 is 17.0. The van der Waals surface area contributed by atoms with Gasteiger partial charge < -0.3 is 4.90 Å². The second-order valence-corrected chi connectivity index (χ2v) is 7.85. The van der Waals surface area contributed by atoms with Crippen LogP contribution in [0.1, 0.15) is 34.9 Å². The van der Waals surface area contributed by atoms with Gasteiger partial charge in [0.2, 0.25) is 0 Å². The average molecular weight is 432 g/mol. The standard InChI is InChI=1S/C23H21FN6O2/c24-17-5-1-4-16(12-17)14-29-20-7-2-8-27-21(20)30(23(29)32)18-6-3-11-28(15-18)22(31)19-13-25-9-10-26-19/h1-2,4-5,7-10,12-13,18H,3,6,11,14-15H2/t18-/m0/s1. The summed E-state index contributed by atoms with van der Waals surface area (Å²) in [4.78, 5) is 40.6. The molecule has 0 aliphatic carbocycles. The van der Waals surface area contributed by atoms with E-state index < -0.39 is 0 Å². The average Bonchev–Trinajstić information content (AvgIpc) is 3.10. The van der Waals surface area contributed by atoms with E-state index >= 15 is 0 Å². The number of rotatable bonds is 4. The van der Waals surface area contributed by atoms with Crippen LogP contribution in [0.4, 0.5) is 4.39 Å². The molecule has 0 radical (unpaired) electrons. The van der Waals surface area contributed by atoms with Crippen LogP contribution in [0.15, 0.2) is 66.0 Å². The van der Waals surface area contributed by atoms with Gasteiger partial charge >= 0.3 is 5.69 Å². The highest BCUT2D eigenvalue weighted by Gasteiger charge is 2.29. The lowest BCUT2D eigenvalue weighted by Gasteiger charge is -2.32. The van der Waals surface area contributed by atoms with Gasteiger partial charge in [-0.25, -0.2) is 19.2 Å². The first kappa shape index (κ1) is 20.0. The number of carbonyl (C=O) groups excluding carboxylic acids is 1. The van der Waals surface area contributed by atoms with Gasteiger partial charge in [-0.15, -0.1) is 0 Å². The van der Waals surface area contributed by atoms with E-state index in [9.17, 15) is 14.0 Å². The number of piperidine rings is 1. The van der Waals surface area contributed by atoms with Crippen LogP contribution in [0.3, 0.4) is 0 Å². The molecule has 0 spiro atoms. The Kier molecular flexibility index (Phi) is 5.22. The second-order valence-electron chi connectivity index (χ2n) is 7.85. The molecule has 1 aliphatic rings. The highest BCUT2D eigenvalue weighted by atomic mass is 19.1. The minimum absolute atomic E-state index is 0.202. The molecule has 1 saturated heterocycles. The van der Waals surface area contributed by atoms with Gasteiger partial charge in [0, 0.05) is 31.7 Å². The molecule has 0 unspecified atom stereocenters. The number of likely N-dealkylation sites (tertiary alicyclic amines) is 1. The fourth-order valence-corrected chi connectivity index (χ4v) is 4.33. The van der Waals surface area contributed by atoms with E-state index in [4.69, 9.17) is 0 Å². The zero-order chi connectivity index (χ0) is 22.1. The van der Waals surface area contributed by atoms with Crippen molar-refractivity contribution in [1.29, 1.82) is 0 Å². The maximum Gasteiger partial charge on any atom is 0.330 e. The van der Waals surface area contributed by atoms with Crippen molar-refractivity contribution in [3.05, 3.63) is 88.7 Å². The third-order valence-corrected chi connectivity index (χ3v) is 5.78. The van der Waals surface area contributed by atoms with Crippen LogP contribution in [-0.4, -0.2) is 48.0 Å². The number of carbonyl (C=O) groups is 1. The van der Waals surface area contributed by atoms with E-state index in [1.54, 1.807) is 38.4 Å². The minimum Gasteiger partial charge on any atom is -0.335 e. The van der Waals surface area contributed by atoms with Crippen molar-refractivity contribution >= 4 is 17.1 Å². The van der Waals surface area contributed by atoms with Crippen LogP contribution in [0.5, 0.6) is 0 Å². The molecule has 9 heteroatoms. The van der Waals surface area contributed by atoms with Crippen molar-refractivity contribution in [3.63, 3.8) is 0 Å². The highest BCUT2D eigenvalue weighted by Crippen LogP contribution is 2.25. The molecule has 4 aromatic rings. The van der Waals surface area contributed by atoms with Crippen LogP contribution < -0.4 is 5.69 Å². The van der Waals surface area contributed by atoms with Crippen molar-refractivity contribution in [3.8, 4) is 0 Å². The monoisotopic (exact) mass is 432 g/mol. The minimum atomic E-state index is -0.345. The van der Waals surface area contributed by atoms with Crippen LogP contribution >= 0.6 is 0 Å². The number of halogens is 1. The summed E-state index contributed by atoms with van der Waals surface area (Å²) in [6, 6.07) is 9.61. The van der Waals surface area contributed by atoms with Gasteiger partial charge in [-0.3, -0.25) is 18.9 Å². The van der Waals surface area contributed by atoms with Crippen molar-refractivity contribution in [1.82, 2.24) is 29.0 Å². The Bertz CT molecular complexity index is 1330. The fraction of sp³-hybridized carbons (Fsp3) is 0.261.